The van der Waals surface area contributed by atoms with E-state index in [0.717, 1.165) is 54.8 Å². The molecule has 1 fully saturated rings. The Morgan fingerprint density at radius 1 is 1.24 bits per heavy atom. The molecule has 6 heteroatoms. The Hall–Kier alpha value is -1.98. The molecule has 0 aromatic heterocycles. The molecule has 0 saturated heterocycles. The van der Waals surface area contributed by atoms with Crippen LogP contribution in [0.25, 0.3) is 0 Å². The molecule has 1 spiro atoms. The van der Waals surface area contributed by atoms with E-state index in [1.807, 2.05) is 0 Å². The van der Waals surface area contributed by atoms with Crippen molar-refractivity contribution in [2.24, 2.45) is 27.0 Å². The highest BCUT2D eigenvalue weighted by Crippen LogP contribution is 2.57. The van der Waals surface area contributed by atoms with Crippen LogP contribution in [-0.2, 0) is 9.59 Å². The van der Waals surface area contributed by atoms with Crippen molar-refractivity contribution in [3.63, 3.8) is 0 Å². The summed E-state index contributed by atoms with van der Waals surface area (Å²) in [4.78, 5) is 25.2. The monoisotopic (exact) mass is 342 g/mol. The number of hydrogen-bond acceptors (Lipinski definition) is 5. The van der Waals surface area contributed by atoms with Gasteiger partial charge < -0.3 is 10.6 Å². The normalized spacial score (nSPS) is 33.2. The summed E-state index contributed by atoms with van der Waals surface area (Å²) in [5.74, 6) is 1.27. The first-order valence-corrected chi connectivity index (χ1v) is 9.23. The lowest BCUT2D eigenvalue weighted by Crippen LogP contribution is -2.46. The zero-order valence-corrected chi connectivity index (χ0v) is 15.2. The van der Waals surface area contributed by atoms with Gasteiger partial charge in [0.2, 0.25) is 5.91 Å². The summed E-state index contributed by atoms with van der Waals surface area (Å²) in [7, 11) is 1.69. The molecule has 0 radical (unpaired) electrons. The number of fused-ring (bicyclic) bond motifs is 2. The minimum Gasteiger partial charge on any atom is -0.359 e. The van der Waals surface area contributed by atoms with E-state index in [-0.39, 0.29) is 28.4 Å². The number of Topliss-reactive ketones (excluding diaryl/α,β-unsaturated/α-hetero) is 1. The van der Waals surface area contributed by atoms with Gasteiger partial charge in [0.05, 0.1) is 6.54 Å². The third-order valence-electron chi connectivity index (χ3n) is 6.34. The molecule has 0 atom stereocenters. The van der Waals surface area contributed by atoms with Crippen LogP contribution in [0.15, 0.2) is 32.9 Å². The second-order valence-electron chi connectivity index (χ2n) is 8.62. The summed E-state index contributed by atoms with van der Waals surface area (Å²) in [6.45, 7) is 4.86. The lowest BCUT2D eigenvalue weighted by Gasteiger charge is -2.48. The minimum atomic E-state index is -0.266. The maximum atomic E-state index is 13.1. The van der Waals surface area contributed by atoms with Crippen molar-refractivity contribution >= 4 is 11.7 Å². The molecule has 25 heavy (non-hydrogen) atoms. The first-order valence-electron chi connectivity index (χ1n) is 9.23. The van der Waals surface area contributed by atoms with E-state index in [1.165, 1.54) is 0 Å². The van der Waals surface area contributed by atoms with Crippen LogP contribution in [0.1, 0.15) is 52.4 Å². The van der Waals surface area contributed by atoms with Gasteiger partial charge in [0.15, 0.2) is 11.6 Å². The molecule has 0 unspecified atom stereocenters. The highest BCUT2D eigenvalue weighted by molar-refractivity contribution is 6.00. The molecule has 134 valence electrons. The number of nitrogens with zero attached hydrogens (tertiary/aromatic N) is 2. The number of carbonyl (C=O) groups excluding carboxylic acids is 2. The Balaban J connectivity index is 1.74. The second kappa shape index (κ2) is 5.51. The number of nitrogens with one attached hydrogen (secondary N) is 2. The standard InChI is InChI=1S/C19H26N4O2/c1-18(2)8-13-15(14(24)9-18)19(12-10-21-23-16(12)22-13)6-4-11(5-7-19)17(25)20-3/h11,22H,4-10H2,1-3H3,(H,20,25). The van der Waals surface area contributed by atoms with E-state index < -0.39 is 0 Å². The van der Waals surface area contributed by atoms with E-state index in [9.17, 15) is 9.59 Å². The molecular weight excluding hydrogens is 316 g/mol. The molecule has 1 amide bonds. The largest absolute Gasteiger partial charge is 0.359 e. The van der Waals surface area contributed by atoms with Crippen LogP contribution in [0.2, 0.25) is 0 Å². The fraction of sp³-hybridized carbons (Fsp3) is 0.684. The van der Waals surface area contributed by atoms with E-state index in [0.29, 0.717) is 13.0 Å². The van der Waals surface area contributed by atoms with Crippen LogP contribution < -0.4 is 10.6 Å². The molecule has 4 rings (SSSR count). The third kappa shape index (κ3) is 2.45. The fourth-order valence-electron chi connectivity index (χ4n) is 5.20. The number of ketones is 1. The Bertz CT molecular complexity index is 737. The van der Waals surface area contributed by atoms with Crippen LogP contribution in [0.4, 0.5) is 0 Å². The van der Waals surface area contributed by atoms with Crippen molar-refractivity contribution in [3.05, 3.63) is 22.7 Å². The number of azo groups is 1. The van der Waals surface area contributed by atoms with Crippen molar-refractivity contribution < 1.29 is 9.59 Å². The summed E-state index contributed by atoms with van der Waals surface area (Å²) in [6.07, 6.45) is 4.74. The Kier molecular flexibility index (Phi) is 3.63. The topological polar surface area (TPSA) is 82.9 Å². The average molecular weight is 342 g/mol. The van der Waals surface area contributed by atoms with Gasteiger partial charge >= 0.3 is 0 Å². The molecule has 2 aliphatic carbocycles. The van der Waals surface area contributed by atoms with Gasteiger partial charge in [-0.05, 0) is 37.5 Å². The summed E-state index contributed by atoms with van der Waals surface area (Å²) in [5, 5.41) is 14.7. The first-order chi connectivity index (χ1) is 11.9. The number of rotatable bonds is 1. The molecule has 2 heterocycles. The van der Waals surface area contributed by atoms with Gasteiger partial charge in [-0.2, -0.15) is 5.11 Å². The first kappa shape index (κ1) is 16.5. The second-order valence-corrected chi connectivity index (χ2v) is 8.62. The average Bonchev–Trinajstić information content (AvgIpc) is 3.02. The molecule has 0 aromatic carbocycles. The molecule has 6 nitrogen and oxygen atoms in total. The Morgan fingerprint density at radius 2 is 1.96 bits per heavy atom. The summed E-state index contributed by atoms with van der Waals surface area (Å²) < 4.78 is 0. The lowest BCUT2D eigenvalue weighted by molar-refractivity contribution is -0.126. The van der Waals surface area contributed by atoms with Crippen LogP contribution in [0.3, 0.4) is 0 Å². The molecule has 0 bridgehead atoms. The van der Waals surface area contributed by atoms with Crippen LogP contribution >= 0.6 is 0 Å². The number of hydrogen-bond donors (Lipinski definition) is 2. The molecular formula is C19H26N4O2. The molecule has 1 saturated carbocycles. The quantitative estimate of drug-likeness (QED) is 0.768. The SMILES string of the molecule is CNC(=O)C1CCC2(CC1)C1=C(N=NC1)NC1=C2C(=O)CC(C)(C)C1. The maximum Gasteiger partial charge on any atom is 0.222 e. The molecule has 0 aromatic rings. The lowest BCUT2D eigenvalue weighted by atomic mass is 9.57. The summed E-state index contributed by atoms with van der Waals surface area (Å²) in [5.41, 5.74) is 2.87. The van der Waals surface area contributed by atoms with Crippen molar-refractivity contribution in [3.8, 4) is 0 Å². The Labute approximate surface area is 148 Å². The number of allylic oxidation sites excluding steroid dienone is 2. The fourth-order valence-corrected chi connectivity index (χ4v) is 5.20. The summed E-state index contributed by atoms with van der Waals surface area (Å²) in [6, 6.07) is 0. The van der Waals surface area contributed by atoms with Crippen molar-refractivity contribution in [1.29, 1.82) is 0 Å². The molecule has 4 aliphatic rings. The van der Waals surface area contributed by atoms with Gasteiger partial charge in [-0.1, -0.05) is 13.8 Å². The van der Waals surface area contributed by atoms with Gasteiger partial charge in [0.1, 0.15) is 0 Å². The summed E-state index contributed by atoms with van der Waals surface area (Å²) >= 11 is 0. The molecule has 2 N–H and O–H groups in total. The molecule has 2 aliphatic heterocycles. The highest BCUT2D eigenvalue weighted by Gasteiger charge is 2.52. The predicted octanol–water partition coefficient (Wildman–Crippen LogP) is 2.83. The van der Waals surface area contributed by atoms with Crippen molar-refractivity contribution in [2.75, 3.05) is 13.6 Å². The zero-order valence-electron chi connectivity index (χ0n) is 15.2. The van der Waals surface area contributed by atoms with Gasteiger partial charge in [-0.25, -0.2) is 0 Å². The van der Waals surface area contributed by atoms with Gasteiger partial charge in [0, 0.05) is 41.6 Å². The van der Waals surface area contributed by atoms with E-state index in [1.54, 1.807) is 7.05 Å². The van der Waals surface area contributed by atoms with E-state index >= 15 is 0 Å². The third-order valence-corrected chi connectivity index (χ3v) is 6.34. The minimum absolute atomic E-state index is 0.0305. The van der Waals surface area contributed by atoms with Crippen molar-refractivity contribution in [1.82, 2.24) is 10.6 Å². The van der Waals surface area contributed by atoms with Gasteiger partial charge in [-0.3, -0.25) is 9.59 Å². The zero-order chi connectivity index (χ0) is 17.8. The van der Waals surface area contributed by atoms with Gasteiger partial charge in [-0.15, -0.1) is 5.11 Å². The highest BCUT2D eigenvalue weighted by atomic mass is 16.1. The van der Waals surface area contributed by atoms with Crippen LogP contribution in [0.5, 0.6) is 0 Å². The van der Waals surface area contributed by atoms with Gasteiger partial charge in [0.25, 0.3) is 0 Å². The smallest absolute Gasteiger partial charge is 0.222 e. The Morgan fingerprint density at radius 3 is 2.64 bits per heavy atom. The van der Waals surface area contributed by atoms with Crippen molar-refractivity contribution in [2.45, 2.75) is 52.4 Å². The van der Waals surface area contributed by atoms with Crippen LogP contribution in [0, 0.1) is 16.7 Å². The number of amides is 1. The predicted molar refractivity (Wildman–Crippen MR) is 93.4 cm³/mol. The maximum absolute atomic E-state index is 13.1. The van der Waals surface area contributed by atoms with E-state index in [2.05, 4.69) is 34.7 Å². The number of dihydropyridines is 1. The van der Waals surface area contributed by atoms with E-state index in [4.69, 9.17) is 0 Å². The number of carbonyl (C=O) groups is 2. The van der Waals surface area contributed by atoms with Crippen LogP contribution in [-0.4, -0.2) is 25.3 Å².